The molecule has 0 spiro atoms. The first-order chi connectivity index (χ1) is 10.3. The zero-order chi connectivity index (χ0) is 14.7. The van der Waals surface area contributed by atoms with Gasteiger partial charge in [0.1, 0.15) is 6.61 Å². The van der Waals surface area contributed by atoms with Crippen LogP contribution in [-0.2, 0) is 6.61 Å². The van der Waals surface area contributed by atoms with Crippen LogP contribution in [0.25, 0.3) is 17.1 Å². The highest BCUT2D eigenvalue weighted by Gasteiger charge is 2.14. The van der Waals surface area contributed by atoms with Gasteiger partial charge in [-0.1, -0.05) is 30.3 Å². The van der Waals surface area contributed by atoms with Crippen LogP contribution in [0.1, 0.15) is 11.4 Å². The summed E-state index contributed by atoms with van der Waals surface area (Å²) in [6.07, 6.45) is 0. The van der Waals surface area contributed by atoms with E-state index in [1.165, 1.54) is 0 Å². The van der Waals surface area contributed by atoms with Crippen molar-refractivity contribution in [1.29, 1.82) is 5.26 Å². The predicted molar refractivity (Wildman–Crippen MR) is 77.4 cm³/mol. The first-order valence-electron chi connectivity index (χ1n) is 6.44. The van der Waals surface area contributed by atoms with Crippen molar-refractivity contribution in [2.24, 2.45) is 0 Å². The van der Waals surface area contributed by atoms with Crippen LogP contribution < -0.4 is 0 Å². The number of hydrogen-bond donors (Lipinski definition) is 1. The highest BCUT2D eigenvalue weighted by atomic mass is 16.3. The lowest BCUT2D eigenvalue weighted by Gasteiger charge is -2.09. The fourth-order valence-electron chi connectivity index (χ4n) is 2.18. The van der Waals surface area contributed by atoms with Crippen molar-refractivity contribution in [3.63, 3.8) is 0 Å². The minimum absolute atomic E-state index is 0.208. The summed E-state index contributed by atoms with van der Waals surface area (Å²) in [6, 6.07) is 18.8. The average Bonchev–Trinajstić information content (AvgIpc) is 2.99. The summed E-state index contributed by atoms with van der Waals surface area (Å²) in [5.41, 5.74) is 2.20. The summed E-state index contributed by atoms with van der Waals surface area (Å²) in [5, 5.41) is 26.7. The van der Waals surface area contributed by atoms with Crippen LogP contribution in [0.5, 0.6) is 0 Å². The Bertz CT molecular complexity index is 803. The third-order valence-corrected chi connectivity index (χ3v) is 3.14. The molecule has 0 amide bonds. The molecule has 5 heteroatoms. The van der Waals surface area contributed by atoms with Crippen molar-refractivity contribution >= 4 is 0 Å². The molecule has 1 aromatic heterocycles. The molecule has 0 radical (unpaired) electrons. The largest absolute Gasteiger partial charge is 0.388 e. The van der Waals surface area contributed by atoms with E-state index in [9.17, 15) is 5.11 Å². The van der Waals surface area contributed by atoms with Gasteiger partial charge in [0.2, 0.25) is 0 Å². The van der Waals surface area contributed by atoms with Crippen LogP contribution in [0.2, 0.25) is 0 Å². The van der Waals surface area contributed by atoms with Gasteiger partial charge in [-0.3, -0.25) is 4.57 Å². The van der Waals surface area contributed by atoms with Crippen LogP contribution in [0.4, 0.5) is 0 Å². The number of benzene rings is 2. The van der Waals surface area contributed by atoms with E-state index in [0.717, 1.165) is 11.3 Å². The van der Waals surface area contributed by atoms with E-state index in [-0.39, 0.29) is 6.61 Å². The number of para-hydroxylation sites is 1. The van der Waals surface area contributed by atoms with Gasteiger partial charge in [0.05, 0.1) is 11.6 Å². The summed E-state index contributed by atoms with van der Waals surface area (Å²) < 4.78 is 1.79. The topological polar surface area (TPSA) is 74.7 Å². The first kappa shape index (κ1) is 13.0. The third kappa shape index (κ3) is 2.40. The van der Waals surface area contributed by atoms with Gasteiger partial charge in [-0.15, -0.1) is 10.2 Å². The minimum atomic E-state index is -0.208. The number of hydrogen-bond acceptors (Lipinski definition) is 4. The van der Waals surface area contributed by atoms with Crippen LogP contribution >= 0.6 is 0 Å². The molecular formula is C16H12N4O. The zero-order valence-electron chi connectivity index (χ0n) is 11.1. The number of aliphatic hydroxyl groups excluding tert-OH is 1. The Labute approximate surface area is 121 Å². The Kier molecular flexibility index (Phi) is 3.46. The molecule has 0 unspecified atom stereocenters. The van der Waals surface area contributed by atoms with Crippen LogP contribution in [0.15, 0.2) is 54.6 Å². The second kappa shape index (κ2) is 5.57. The molecule has 2 aromatic carbocycles. The number of aliphatic hydroxyl groups is 1. The van der Waals surface area contributed by atoms with Gasteiger partial charge in [-0.2, -0.15) is 5.26 Å². The molecule has 102 valence electrons. The predicted octanol–water partition coefficient (Wildman–Crippen LogP) is 2.30. The number of aromatic nitrogens is 3. The Morgan fingerprint density at radius 1 is 1.05 bits per heavy atom. The van der Waals surface area contributed by atoms with Gasteiger partial charge in [-0.05, 0) is 24.3 Å². The number of nitrogens with zero attached hydrogens (tertiary/aromatic N) is 4. The molecule has 1 heterocycles. The van der Waals surface area contributed by atoms with Gasteiger partial charge in [0.15, 0.2) is 11.6 Å². The van der Waals surface area contributed by atoms with E-state index in [1.54, 1.807) is 22.8 Å². The van der Waals surface area contributed by atoms with E-state index in [0.29, 0.717) is 17.2 Å². The normalized spacial score (nSPS) is 10.3. The number of rotatable bonds is 3. The van der Waals surface area contributed by atoms with E-state index >= 15 is 0 Å². The summed E-state index contributed by atoms with van der Waals surface area (Å²) in [4.78, 5) is 0. The highest BCUT2D eigenvalue weighted by molar-refractivity contribution is 5.61. The highest BCUT2D eigenvalue weighted by Crippen LogP contribution is 2.23. The lowest BCUT2D eigenvalue weighted by atomic mass is 10.1. The van der Waals surface area contributed by atoms with Crippen LogP contribution in [0.3, 0.4) is 0 Å². The molecule has 0 fully saturated rings. The summed E-state index contributed by atoms with van der Waals surface area (Å²) in [6.45, 7) is -0.208. The fraction of sp³-hybridized carbons (Fsp3) is 0.0625. The third-order valence-electron chi connectivity index (χ3n) is 3.14. The summed E-state index contributed by atoms with van der Waals surface area (Å²) >= 11 is 0. The summed E-state index contributed by atoms with van der Waals surface area (Å²) in [5.74, 6) is 1.06. The van der Waals surface area contributed by atoms with Crippen molar-refractivity contribution < 1.29 is 5.11 Å². The molecule has 0 saturated carbocycles. The van der Waals surface area contributed by atoms with Gasteiger partial charge < -0.3 is 5.11 Å². The quantitative estimate of drug-likeness (QED) is 0.796. The fourth-order valence-corrected chi connectivity index (χ4v) is 2.18. The first-order valence-corrected chi connectivity index (χ1v) is 6.44. The van der Waals surface area contributed by atoms with Gasteiger partial charge in [0.25, 0.3) is 0 Å². The maximum Gasteiger partial charge on any atom is 0.168 e. The molecule has 5 nitrogen and oxygen atoms in total. The molecule has 21 heavy (non-hydrogen) atoms. The van der Waals surface area contributed by atoms with E-state index in [4.69, 9.17) is 5.26 Å². The molecule has 0 bridgehead atoms. The van der Waals surface area contributed by atoms with E-state index in [1.807, 2.05) is 36.4 Å². The van der Waals surface area contributed by atoms with Crippen molar-refractivity contribution in [3.05, 3.63) is 66.0 Å². The molecule has 3 aromatic rings. The van der Waals surface area contributed by atoms with Crippen molar-refractivity contribution in [1.82, 2.24) is 14.8 Å². The molecule has 0 saturated heterocycles. The van der Waals surface area contributed by atoms with Crippen molar-refractivity contribution in [2.75, 3.05) is 0 Å². The van der Waals surface area contributed by atoms with Gasteiger partial charge in [0, 0.05) is 11.3 Å². The smallest absolute Gasteiger partial charge is 0.168 e. The van der Waals surface area contributed by atoms with E-state index in [2.05, 4.69) is 16.3 Å². The standard InChI is InChI=1S/C16H12N4O/c17-10-12-5-4-6-13(9-12)16-19-18-15(11-21)20(16)14-7-2-1-3-8-14/h1-9,21H,11H2. The Morgan fingerprint density at radius 2 is 1.86 bits per heavy atom. The summed E-state index contributed by atoms with van der Waals surface area (Å²) in [7, 11) is 0. The minimum Gasteiger partial charge on any atom is -0.388 e. The van der Waals surface area contributed by atoms with E-state index < -0.39 is 0 Å². The lowest BCUT2D eigenvalue weighted by molar-refractivity contribution is 0.269. The molecule has 3 rings (SSSR count). The molecule has 0 aliphatic heterocycles. The maximum atomic E-state index is 9.47. The average molecular weight is 276 g/mol. The molecule has 0 aliphatic carbocycles. The van der Waals surface area contributed by atoms with Crippen molar-refractivity contribution in [3.8, 4) is 23.1 Å². The van der Waals surface area contributed by atoms with Crippen LogP contribution in [0, 0.1) is 11.3 Å². The Morgan fingerprint density at radius 3 is 2.57 bits per heavy atom. The lowest BCUT2D eigenvalue weighted by Crippen LogP contribution is -2.03. The zero-order valence-corrected chi connectivity index (χ0v) is 11.1. The molecular weight excluding hydrogens is 264 g/mol. The monoisotopic (exact) mass is 276 g/mol. The second-order valence-corrected chi connectivity index (χ2v) is 4.46. The Balaban J connectivity index is 2.20. The second-order valence-electron chi connectivity index (χ2n) is 4.46. The van der Waals surface area contributed by atoms with Gasteiger partial charge >= 0.3 is 0 Å². The maximum absolute atomic E-state index is 9.47. The number of nitriles is 1. The molecule has 0 atom stereocenters. The molecule has 0 aliphatic rings. The van der Waals surface area contributed by atoms with Crippen LogP contribution in [-0.4, -0.2) is 19.9 Å². The molecule has 1 N–H and O–H groups in total. The SMILES string of the molecule is N#Cc1cccc(-c2nnc(CO)n2-c2ccccc2)c1. The van der Waals surface area contributed by atoms with Crippen molar-refractivity contribution in [2.45, 2.75) is 6.61 Å². The Hall–Kier alpha value is -2.97. The van der Waals surface area contributed by atoms with Gasteiger partial charge in [-0.25, -0.2) is 0 Å².